The van der Waals surface area contributed by atoms with Crippen LogP contribution in [0.2, 0.25) is 0 Å². The Morgan fingerprint density at radius 3 is 2.48 bits per heavy atom. The number of amides is 1. The molecule has 29 heavy (non-hydrogen) atoms. The Kier molecular flexibility index (Phi) is 6.23. The zero-order valence-corrected chi connectivity index (χ0v) is 17.0. The number of aromatic nitrogens is 2. The fourth-order valence-electron chi connectivity index (χ4n) is 2.93. The summed E-state index contributed by atoms with van der Waals surface area (Å²) in [7, 11) is 1.30. The SMILES string of the molecule is CCCNC(=O)c1ccc(Cn2c(=S)[nH]c3cc(C(=O)OC)ccc3c2=O)cc1. The first kappa shape index (κ1) is 20.5. The number of H-pyrrole nitrogens is 1. The molecule has 1 aromatic heterocycles. The van der Waals surface area contributed by atoms with Crippen molar-refractivity contribution in [1.82, 2.24) is 14.9 Å². The lowest BCUT2D eigenvalue weighted by atomic mass is 10.1. The highest BCUT2D eigenvalue weighted by Gasteiger charge is 2.11. The second kappa shape index (κ2) is 8.83. The molecule has 0 aliphatic rings. The highest BCUT2D eigenvalue weighted by molar-refractivity contribution is 7.71. The molecule has 0 unspecified atom stereocenters. The van der Waals surface area contributed by atoms with E-state index < -0.39 is 5.97 Å². The van der Waals surface area contributed by atoms with Gasteiger partial charge in [-0.15, -0.1) is 0 Å². The highest BCUT2D eigenvalue weighted by atomic mass is 32.1. The predicted octanol–water partition coefficient (Wildman–Crippen LogP) is 3.03. The topological polar surface area (TPSA) is 93.2 Å². The van der Waals surface area contributed by atoms with Crippen molar-refractivity contribution in [2.75, 3.05) is 13.7 Å². The Balaban J connectivity index is 1.90. The molecule has 1 amide bonds. The number of aromatic amines is 1. The van der Waals surface area contributed by atoms with Gasteiger partial charge in [-0.1, -0.05) is 19.1 Å². The van der Waals surface area contributed by atoms with Crippen LogP contribution in [-0.2, 0) is 11.3 Å². The monoisotopic (exact) mass is 411 g/mol. The molecule has 0 spiro atoms. The molecule has 0 fully saturated rings. The maximum absolute atomic E-state index is 12.9. The molecule has 2 aromatic carbocycles. The van der Waals surface area contributed by atoms with Crippen LogP contribution in [0.5, 0.6) is 0 Å². The van der Waals surface area contributed by atoms with Crippen molar-refractivity contribution < 1.29 is 14.3 Å². The van der Waals surface area contributed by atoms with Crippen molar-refractivity contribution in [1.29, 1.82) is 0 Å². The van der Waals surface area contributed by atoms with Crippen LogP contribution in [0, 0.1) is 4.77 Å². The van der Waals surface area contributed by atoms with Crippen LogP contribution in [0.25, 0.3) is 10.9 Å². The van der Waals surface area contributed by atoms with E-state index in [0.29, 0.717) is 28.6 Å². The lowest BCUT2D eigenvalue weighted by Crippen LogP contribution is -2.24. The minimum Gasteiger partial charge on any atom is -0.465 e. The minimum atomic E-state index is -0.488. The lowest BCUT2D eigenvalue weighted by Gasteiger charge is -2.10. The molecule has 0 aliphatic carbocycles. The fraction of sp³-hybridized carbons (Fsp3) is 0.238. The zero-order chi connectivity index (χ0) is 21.0. The standard InChI is InChI=1S/C21H21N3O4S/c1-3-10-22-18(25)14-6-4-13(5-7-14)12-24-19(26)16-9-8-15(20(27)28-2)11-17(16)23-21(24)29/h4-9,11H,3,10,12H2,1-2H3,(H,22,25)(H,23,29). The zero-order valence-electron chi connectivity index (χ0n) is 16.2. The van der Waals surface area contributed by atoms with Crippen molar-refractivity contribution in [3.05, 3.63) is 74.3 Å². The second-order valence-corrected chi connectivity index (χ2v) is 6.91. The Morgan fingerprint density at radius 2 is 1.83 bits per heavy atom. The smallest absolute Gasteiger partial charge is 0.337 e. The van der Waals surface area contributed by atoms with Gasteiger partial charge >= 0.3 is 5.97 Å². The van der Waals surface area contributed by atoms with Gasteiger partial charge in [0.2, 0.25) is 0 Å². The van der Waals surface area contributed by atoms with Crippen LogP contribution in [-0.4, -0.2) is 35.1 Å². The van der Waals surface area contributed by atoms with E-state index in [9.17, 15) is 14.4 Å². The van der Waals surface area contributed by atoms with Gasteiger partial charge < -0.3 is 15.0 Å². The molecule has 150 valence electrons. The van der Waals surface area contributed by atoms with Gasteiger partial charge in [0.25, 0.3) is 11.5 Å². The Hall–Kier alpha value is -3.26. The third-order valence-electron chi connectivity index (χ3n) is 4.50. The number of rotatable bonds is 6. The molecule has 0 atom stereocenters. The van der Waals surface area contributed by atoms with Gasteiger partial charge in [0, 0.05) is 12.1 Å². The van der Waals surface area contributed by atoms with Gasteiger partial charge in [0.1, 0.15) is 0 Å². The molecular formula is C21H21N3O4S. The molecule has 1 heterocycles. The van der Waals surface area contributed by atoms with Gasteiger partial charge in [0.15, 0.2) is 4.77 Å². The molecule has 3 aromatic rings. The van der Waals surface area contributed by atoms with Gasteiger partial charge in [0.05, 0.1) is 30.1 Å². The van der Waals surface area contributed by atoms with Crippen molar-refractivity contribution in [3.8, 4) is 0 Å². The van der Waals surface area contributed by atoms with Gasteiger partial charge in [-0.3, -0.25) is 14.2 Å². The normalized spacial score (nSPS) is 10.7. The van der Waals surface area contributed by atoms with Gasteiger partial charge in [-0.25, -0.2) is 4.79 Å². The predicted molar refractivity (Wildman–Crippen MR) is 113 cm³/mol. The Morgan fingerprint density at radius 1 is 1.14 bits per heavy atom. The minimum absolute atomic E-state index is 0.125. The van der Waals surface area contributed by atoms with Crippen LogP contribution in [0.3, 0.4) is 0 Å². The van der Waals surface area contributed by atoms with Crippen molar-refractivity contribution in [3.63, 3.8) is 0 Å². The molecule has 2 N–H and O–H groups in total. The summed E-state index contributed by atoms with van der Waals surface area (Å²) in [6, 6.07) is 11.7. The molecular weight excluding hydrogens is 390 g/mol. The number of hydrogen-bond acceptors (Lipinski definition) is 5. The molecule has 0 saturated heterocycles. The van der Waals surface area contributed by atoms with Crippen LogP contribution in [0.4, 0.5) is 0 Å². The van der Waals surface area contributed by atoms with E-state index in [0.717, 1.165) is 12.0 Å². The third-order valence-corrected chi connectivity index (χ3v) is 4.82. The summed E-state index contributed by atoms with van der Waals surface area (Å²) in [4.78, 5) is 39.6. The number of nitrogens with one attached hydrogen (secondary N) is 2. The molecule has 0 radical (unpaired) electrons. The molecule has 8 heteroatoms. The number of nitrogens with zero attached hydrogens (tertiary/aromatic N) is 1. The molecule has 7 nitrogen and oxygen atoms in total. The summed E-state index contributed by atoms with van der Waals surface area (Å²) in [5, 5.41) is 3.24. The van der Waals surface area contributed by atoms with Crippen LogP contribution in [0.1, 0.15) is 39.6 Å². The first-order valence-electron chi connectivity index (χ1n) is 9.17. The van der Waals surface area contributed by atoms with Gasteiger partial charge in [-0.2, -0.15) is 0 Å². The number of esters is 1. The van der Waals surface area contributed by atoms with E-state index >= 15 is 0 Å². The maximum Gasteiger partial charge on any atom is 0.337 e. The Labute approximate surface area is 172 Å². The van der Waals surface area contributed by atoms with E-state index in [-0.39, 0.29) is 22.8 Å². The number of benzene rings is 2. The fourth-order valence-corrected chi connectivity index (χ4v) is 3.19. The first-order valence-corrected chi connectivity index (χ1v) is 9.57. The van der Waals surface area contributed by atoms with Crippen LogP contribution < -0.4 is 10.9 Å². The molecule has 0 saturated carbocycles. The van der Waals surface area contributed by atoms with E-state index in [2.05, 4.69) is 10.3 Å². The molecule has 0 aliphatic heterocycles. The van der Waals surface area contributed by atoms with E-state index in [1.807, 2.05) is 6.92 Å². The van der Waals surface area contributed by atoms with Crippen molar-refractivity contribution in [2.24, 2.45) is 0 Å². The average Bonchev–Trinajstić information content (AvgIpc) is 2.74. The quantitative estimate of drug-likeness (QED) is 0.480. The Bertz CT molecular complexity index is 1180. The summed E-state index contributed by atoms with van der Waals surface area (Å²) in [6.07, 6.45) is 0.869. The summed E-state index contributed by atoms with van der Waals surface area (Å²) < 4.78 is 6.40. The molecule has 3 rings (SSSR count). The summed E-state index contributed by atoms with van der Waals surface area (Å²) in [5.74, 6) is -0.613. The van der Waals surface area contributed by atoms with Crippen molar-refractivity contribution >= 4 is 35.0 Å². The van der Waals surface area contributed by atoms with E-state index in [1.165, 1.54) is 11.7 Å². The van der Waals surface area contributed by atoms with Crippen LogP contribution >= 0.6 is 12.2 Å². The largest absolute Gasteiger partial charge is 0.465 e. The van der Waals surface area contributed by atoms with Crippen molar-refractivity contribution in [2.45, 2.75) is 19.9 Å². The third kappa shape index (κ3) is 4.43. The highest BCUT2D eigenvalue weighted by Crippen LogP contribution is 2.13. The maximum atomic E-state index is 12.9. The van der Waals surface area contributed by atoms with Gasteiger partial charge in [-0.05, 0) is 54.5 Å². The number of ether oxygens (including phenoxy) is 1. The number of carbonyl (C=O) groups is 2. The summed E-state index contributed by atoms with van der Waals surface area (Å²) in [6.45, 7) is 2.88. The molecule has 0 bridgehead atoms. The van der Waals surface area contributed by atoms with E-state index in [1.54, 1.807) is 42.5 Å². The number of carbonyl (C=O) groups excluding carboxylic acids is 2. The van der Waals surface area contributed by atoms with Crippen LogP contribution in [0.15, 0.2) is 47.3 Å². The number of hydrogen-bond donors (Lipinski definition) is 2. The number of methoxy groups -OCH3 is 1. The number of fused-ring (bicyclic) bond motifs is 1. The summed E-state index contributed by atoms with van der Waals surface area (Å²) in [5.41, 5.74) is 1.95. The summed E-state index contributed by atoms with van der Waals surface area (Å²) >= 11 is 5.35. The lowest BCUT2D eigenvalue weighted by molar-refractivity contribution is 0.0600. The van der Waals surface area contributed by atoms with E-state index in [4.69, 9.17) is 17.0 Å². The second-order valence-electron chi connectivity index (χ2n) is 6.53. The first-order chi connectivity index (χ1) is 13.9. The average molecular weight is 411 g/mol.